The molecule has 134 valence electrons. The highest BCUT2D eigenvalue weighted by Gasteiger charge is 2.25. The molecule has 0 spiro atoms. The fourth-order valence-corrected chi connectivity index (χ4v) is 4.26. The molecule has 0 aliphatic heterocycles. The summed E-state index contributed by atoms with van der Waals surface area (Å²) in [6, 6.07) is 21.6. The first-order valence-corrected chi connectivity index (χ1v) is 10.1. The van der Waals surface area contributed by atoms with Crippen molar-refractivity contribution in [1.29, 1.82) is 0 Å². The minimum atomic E-state index is -3.70. The zero-order chi connectivity index (χ0) is 18.7. The van der Waals surface area contributed by atoms with Crippen molar-refractivity contribution >= 4 is 27.3 Å². The van der Waals surface area contributed by atoms with Gasteiger partial charge in [-0.1, -0.05) is 53.6 Å². The van der Waals surface area contributed by atoms with Gasteiger partial charge in [0.2, 0.25) is 0 Å². The van der Waals surface area contributed by atoms with Gasteiger partial charge in [-0.25, -0.2) is 8.42 Å². The number of hydrogen-bond acceptors (Lipinski definition) is 2. The van der Waals surface area contributed by atoms with E-state index in [2.05, 4.69) is 0 Å². The van der Waals surface area contributed by atoms with Crippen molar-refractivity contribution in [3.05, 3.63) is 94.5 Å². The molecule has 26 heavy (non-hydrogen) atoms. The number of rotatable bonds is 5. The minimum absolute atomic E-state index is 0.233. The van der Waals surface area contributed by atoms with Crippen LogP contribution in [0.25, 0.3) is 0 Å². The van der Waals surface area contributed by atoms with E-state index in [0.29, 0.717) is 10.7 Å². The molecule has 3 nitrogen and oxygen atoms in total. The summed E-state index contributed by atoms with van der Waals surface area (Å²) in [6.45, 7) is 4.11. The average Bonchev–Trinajstić information content (AvgIpc) is 2.61. The van der Waals surface area contributed by atoms with Gasteiger partial charge in [-0.05, 0) is 61.4 Å². The molecule has 0 amide bonds. The van der Waals surface area contributed by atoms with Crippen molar-refractivity contribution in [2.24, 2.45) is 0 Å². The van der Waals surface area contributed by atoms with Crippen molar-refractivity contribution in [3.8, 4) is 0 Å². The SMILES string of the molecule is Cc1ccc(S(=O)(=O)N(Cc2ccc(Cl)cc2)c2cccc(C)c2)cc1. The van der Waals surface area contributed by atoms with E-state index in [1.54, 1.807) is 24.3 Å². The van der Waals surface area contributed by atoms with Gasteiger partial charge in [0.25, 0.3) is 10.0 Å². The fraction of sp³-hybridized carbons (Fsp3) is 0.143. The van der Waals surface area contributed by atoms with E-state index in [1.807, 2.05) is 62.4 Å². The van der Waals surface area contributed by atoms with Crippen molar-refractivity contribution < 1.29 is 8.42 Å². The standard InChI is InChI=1S/C21H20ClNO2S/c1-16-6-12-21(13-7-16)26(24,25)23(20-5-3-4-17(2)14-20)15-18-8-10-19(22)11-9-18/h3-14H,15H2,1-2H3. The summed E-state index contributed by atoms with van der Waals surface area (Å²) >= 11 is 5.95. The molecule has 0 saturated heterocycles. The first kappa shape index (κ1) is 18.5. The van der Waals surface area contributed by atoms with Crippen LogP contribution >= 0.6 is 11.6 Å². The maximum Gasteiger partial charge on any atom is 0.264 e. The van der Waals surface area contributed by atoms with E-state index >= 15 is 0 Å². The van der Waals surface area contributed by atoms with Crippen molar-refractivity contribution in [2.45, 2.75) is 25.3 Å². The van der Waals surface area contributed by atoms with Crippen LogP contribution in [0.1, 0.15) is 16.7 Å². The average molecular weight is 386 g/mol. The molecular weight excluding hydrogens is 366 g/mol. The van der Waals surface area contributed by atoms with Crippen LogP contribution in [-0.4, -0.2) is 8.42 Å². The Balaban J connectivity index is 2.07. The highest BCUT2D eigenvalue weighted by Crippen LogP contribution is 2.27. The summed E-state index contributed by atoms with van der Waals surface area (Å²) in [5.74, 6) is 0. The van der Waals surface area contributed by atoms with E-state index in [0.717, 1.165) is 16.7 Å². The largest absolute Gasteiger partial charge is 0.264 e. The van der Waals surface area contributed by atoms with Crippen LogP contribution in [0.4, 0.5) is 5.69 Å². The summed E-state index contributed by atoms with van der Waals surface area (Å²) in [6.07, 6.45) is 0. The molecular formula is C21H20ClNO2S. The molecule has 0 bridgehead atoms. The number of halogens is 1. The molecule has 3 rings (SSSR count). The van der Waals surface area contributed by atoms with Crippen molar-refractivity contribution in [1.82, 2.24) is 0 Å². The third-order valence-electron chi connectivity index (χ3n) is 4.14. The summed E-state index contributed by atoms with van der Waals surface area (Å²) in [4.78, 5) is 0.276. The third-order valence-corrected chi connectivity index (χ3v) is 6.18. The molecule has 0 fully saturated rings. The van der Waals surface area contributed by atoms with Crippen LogP contribution in [0.5, 0.6) is 0 Å². The monoisotopic (exact) mass is 385 g/mol. The van der Waals surface area contributed by atoms with Crippen LogP contribution < -0.4 is 4.31 Å². The lowest BCUT2D eigenvalue weighted by Crippen LogP contribution is -2.30. The minimum Gasteiger partial charge on any atom is -0.262 e. The summed E-state index contributed by atoms with van der Waals surface area (Å²) in [5.41, 5.74) is 3.53. The van der Waals surface area contributed by atoms with Crippen LogP contribution in [0, 0.1) is 13.8 Å². The Kier molecular flexibility index (Phi) is 5.35. The van der Waals surface area contributed by atoms with E-state index in [9.17, 15) is 8.42 Å². The van der Waals surface area contributed by atoms with E-state index in [1.165, 1.54) is 4.31 Å². The number of sulfonamides is 1. The van der Waals surface area contributed by atoms with E-state index in [4.69, 9.17) is 11.6 Å². The molecule has 0 radical (unpaired) electrons. The quantitative estimate of drug-likeness (QED) is 0.593. The van der Waals surface area contributed by atoms with Gasteiger partial charge in [0.05, 0.1) is 17.1 Å². The van der Waals surface area contributed by atoms with Crippen LogP contribution in [0.2, 0.25) is 5.02 Å². The van der Waals surface area contributed by atoms with Crippen molar-refractivity contribution in [3.63, 3.8) is 0 Å². The van der Waals surface area contributed by atoms with E-state index in [-0.39, 0.29) is 11.4 Å². The molecule has 5 heteroatoms. The highest BCUT2D eigenvalue weighted by atomic mass is 35.5. The summed E-state index contributed by atoms with van der Waals surface area (Å²) in [7, 11) is -3.70. The Bertz CT molecular complexity index is 997. The molecule has 3 aromatic carbocycles. The van der Waals surface area contributed by atoms with Gasteiger partial charge < -0.3 is 0 Å². The topological polar surface area (TPSA) is 37.4 Å². The Morgan fingerprint density at radius 2 is 1.50 bits per heavy atom. The fourth-order valence-electron chi connectivity index (χ4n) is 2.69. The Morgan fingerprint density at radius 3 is 2.12 bits per heavy atom. The number of nitrogens with zero attached hydrogens (tertiary/aromatic N) is 1. The second-order valence-electron chi connectivity index (χ2n) is 6.29. The molecule has 3 aromatic rings. The van der Waals surface area contributed by atoms with Gasteiger partial charge in [0.1, 0.15) is 0 Å². The second-order valence-corrected chi connectivity index (χ2v) is 8.59. The first-order valence-electron chi connectivity index (χ1n) is 8.27. The smallest absolute Gasteiger partial charge is 0.262 e. The molecule has 0 aliphatic carbocycles. The molecule has 0 saturated carbocycles. The predicted molar refractivity (Wildman–Crippen MR) is 107 cm³/mol. The van der Waals surface area contributed by atoms with Crippen LogP contribution in [0.3, 0.4) is 0 Å². The summed E-state index contributed by atoms with van der Waals surface area (Å²) in [5, 5.41) is 0.622. The normalized spacial score (nSPS) is 11.3. The van der Waals surface area contributed by atoms with Gasteiger partial charge in [0.15, 0.2) is 0 Å². The van der Waals surface area contributed by atoms with Gasteiger partial charge in [-0.2, -0.15) is 0 Å². The van der Waals surface area contributed by atoms with Gasteiger partial charge in [-0.3, -0.25) is 4.31 Å². The molecule has 0 N–H and O–H groups in total. The Hall–Kier alpha value is -2.30. The third kappa shape index (κ3) is 4.09. The first-order chi connectivity index (χ1) is 12.4. The maximum atomic E-state index is 13.3. The van der Waals surface area contributed by atoms with Crippen LogP contribution in [0.15, 0.2) is 77.7 Å². The number of anilines is 1. The predicted octanol–water partition coefficient (Wildman–Crippen LogP) is 5.35. The lowest BCUT2D eigenvalue weighted by Gasteiger charge is -2.25. The lowest BCUT2D eigenvalue weighted by atomic mass is 10.2. The lowest BCUT2D eigenvalue weighted by molar-refractivity contribution is 0.590. The van der Waals surface area contributed by atoms with Gasteiger partial charge >= 0.3 is 0 Å². The Morgan fingerprint density at radius 1 is 0.846 bits per heavy atom. The molecule has 0 aromatic heterocycles. The maximum absolute atomic E-state index is 13.3. The zero-order valence-corrected chi connectivity index (χ0v) is 16.3. The van der Waals surface area contributed by atoms with Crippen molar-refractivity contribution in [2.75, 3.05) is 4.31 Å². The molecule has 0 heterocycles. The van der Waals surface area contributed by atoms with Gasteiger partial charge in [0, 0.05) is 5.02 Å². The van der Waals surface area contributed by atoms with Crippen LogP contribution in [-0.2, 0) is 16.6 Å². The molecule has 0 atom stereocenters. The number of hydrogen-bond donors (Lipinski definition) is 0. The van der Waals surface area contributed by atoms with E-state index < -0.39 is 10.0 Å². The highest BCUT2D eigenvalue weighted by molar-refractivity contribution is 7.92. The number of benzene rings is 3. The second kappa shape index (κ2) is 7.52. The molecule has 0 aliphatic rings. The number of aryl methyl sites for hydroxylation is 2. The summed E-state index contributed by atoms with van der Waals surface area (Å²) < 4.78 is 28.1. The zero-order valence-electron chi connectivity index (χ0n) is 14.7. The van der Waals surface area contributed by atoms with Gasteiger partial charge in [-0.15, -0.1) is 0 Å². The Labute approximate surface area is 159 Å². The molecule has 0 unspecified atom stereocenters.